The van der Waals surface area contributed by atoms with Crippen LogP contribution >= 0.6 is 11.3 Å². The number of aromatic nitrogens is 1. The third-order valence-electron chi connectivity index (χ3n) is 2.64. The van der Waals surface area contributed by atoms with Crippen molar-refractivity contribution >= 4 is 17.2 Å². The van der Waals surface area contributed by atoms with Crippen molar-refractivity contribution in [2.45, 2.75) is 39.7 Å². The molecule has 0 aliphatic carbocycles. The fraction of sp³-hybridized carbons (Fsp3) is 0.667. The van der Waals surface area contributed by atoms with E-state index in [0.717, 1.165) is 23.7 Å². The van der Waals surface area contributed by atoms with Gasteiger partial charge in [0.15, 0.2) is 0 Å². The Labute approximate surface area is 107 Å². The number of thiazole rings is 1. The van der Waals surface area contributed by atoms with Crippen molar-refractivity contribution in [3.05, 3.63) is 15.6 Å². The second-order valence-electron chi connectivity index (χ2n) is 4.14. The average molecular weight is 255 g/mol. The van der Waals surface area contributed by atoms with Gasteiger partial charge in [-0.05, 0) is 33.7 Å². The molecule has 96 valence electrons. The summed E-state index contributed by atoms with van der Waals surface area (Å²) in [6.07, 6.45) is 1.44. The molecule has 1 atom stereocenters. The van der Waals surface area contributed by atoms with E-state index >= 15 is 0 Å². The summed E-state index contributed by atoms with van der Waals surface area (Å²) >= 11 is 1.74. The Hall–Kier alpha value is -0.940. The minimum absolute atomic E-state index is 0.101. The smallest absolute Gasteiger partial charge is 0.219 e. The monoisotopic (exact) mass is 255 g/mol. The van der Waals surface area contributed by atoms with E-state index in [9.17, 15) is 4.79 Å². The van der Waals surface area contributed by atoms with Crippen LogP contribution < -0.4 is 10.6 Å². The Morgan fingerprint density at radius 3 is 2.71 bits per heavy atom. The maximum atomic E-state index is 11.0. The van der Waals surface area contributed by atoms with Crippen LogP contribution in [0.2, 0.25) is 0 Å². The largest absolute Gasteiger partial charge is 0.359 e. The molecule has 5 heteroatoms. The van der Waals surface area contributed by atoms with Gasteiger partial charge in [0.05, 0.1) is 10.7 Å². The van der Waals surface area contributed by atoms with Gasteiger partial charge < -0.3 is 10.6 Å². The van der Waals surface area contributed by atoms with Crippen molar-refractivity contribution in [1.82, 2.24) is 15.6 Å². The van der Waals surface area contributed by atoms with Crippen molar-refractivity contribution in [2.24, 2.45) is 0 Å². The first-order valence-corrected chi connectivity index (χ1v) is 6.74. The van der Waals surface area contributed by atoms with Gasteiger partial charge in [-0.3, -0.25) is 4.79 Å². The van der Waals surface area contributed by atoms with Gasteiger partial charge in [-0.2, -0.15) is 0 Å². The average Bonchev–Trinajstić information content (AvgIpc) is 2.63. The van der Waals surface area contributed by atoms with Crippen molar-refractivity contribution in [1.29, 1.82) is 0 Å². The van der Waals surface area contributed by atoms with Crippen LogP contribution in [-0.2, 0) is 4.79 Å². The Morgan fingerprint density at radius 2 is 2.18 bits per heavy atom. The molecule has 0 saturated carbocycles. The molecular weight excluding hydrogens is 234 g/mol. The molecule has 0 fully saturated rings. The first-order chi connectivity index (χ1) is 8.04. The van der Waals surface area contributed by atoms with Gasteiger partial charge in [0.1, 0.15) is 0 Å². The molecule has 1 rings (SSSR count). The summed E-state index contributed by atoms with van der Waals surface area (Å²) in [5.74, 6) is 0.101. The molecule has 1 aromatic rings. The van der Waals surface area contributed by atoms with Crippen molar-refractivity contribution in [2.75, 3.05) is 13.6 Å². The van der Waals surface area contributed by atoms with Crippen LogP contribution in [0.3, 0.4) is 0 Å². The molecule has 0 aromatic carbocycles. The second kappa shape index (κ2) is 6.71. The van der Waals surface area contributed by atoms with Gasteiger partial charge in [-0.15, -0.1) is 11.3 Å². The third kappa shape index (κ3) is 4.44. The predicted molar refractivity (Wildman–Crippen MR) is 71.3 cm³/mol. The highest BCUT2D eigenvalue weighted by molar-refractivity contribution is 7.11. The van der Waals surface area contributed by atoms with Crippen molar-refractivity contribution < 1.29 is 4.79 Å². The molecule has 4 nitrogen and oxygen atoms in total. The van der Waals surface area contributed by atoms with Gasteiger partial charge in [0, 0.05) is 24.4 Å². The summed E-state index contributed by atoms with van der Waals surface area (Å²) in [4.78, 5) is 16.7. The Morgan fingerprint density at radius 1 is 1.47 bits per heavy atom. The number of rotatable bonds is 6. The zero-order valence-electron chi connectivity index (χ0n) is 11.0. The van der Waals surface area contributed by atoms with Gasteiger partial charge in [0.2, 0.25) is 5.91 Å². The van der Waals surface area contributed by atoms with Crippen LogP contribution in [0.4, 0.5) is 0 Å². The quantitative estimate of drug-likeness (QED) is 0.764. The molecule has 1 heterocycles. The minimum Gasteiger partial charge on any atom is -0.359 e. The lowest BCUT2D eigenvalue weighted by atomic mass is 10.2. The molecule has 1 aromatic heterocycles. The van der Waals surface area contributed by atoms with Crippen LogP contribution in [0.1, 0.15) is 41.4 Å². The molecule has 0 saturated heterocycles. The van der Waals surface area contributed by atoms with Crippen molar-refractivity contribution in [3.8, 4) is 0 Å². The van der Waals surface area contributed by atoms with Gasteiger partial charge >= 0.3 is 0 Å². The topological polar surface area (TPSA) is 54.0 Å². The number of carbonyl (C=O) groups excluding carboxylic acids is 1. The van der Waals surface area contributed by atoms with E-state index in [2.05, 4.69) is 22.5 Å². The van der Waals surface area contributed by atoms with Crippen LogP contribution in [0, 0.1) is 13.8 Å². The van der Waals surface area contributed by atoms with Crippen LogP contribution in [0.15, 0.2) is 0 Å². The lowest BCUT2D eigenvalue weighted by molar-refractivity contribution is -0.120. The van der Waals surface area contributed by atoms with E-state index < -0.39 is 0 Å². The molecule has 2 N–H and O–H groups in total. The molecule has 0 bridgehead atoms. The van der Waals surface area contributed by atoms with Gasteiger partial charge in [0.25, 0.3) is 0 Å². The molecule has 0 aliphatic heterocycles. The van der Waals surface area contributed by atoms with Crippen LogP contribution in [-0.4, -0.2) is 24.5 Å². The minimum atomic E-state index is 0.101. The molecule has 0 spiro atoms. The summed E-state index contributed by atoms with van der Waals surface area (Å²) in [6, 6.07) is 0.311. The number of nitrogens with one attached hydrogen (secondary N) is 2. The number of aryl methyl sites for hydroxylation is 2. The SMILES string of the molecule is CNC(=O)CCCNC(C)c1sc(C)nc1C. The molecule has 17 heavy (non-hydrogen) atoms. The fourth-order valence-electron chi connectivity index (χ4n) is 1.73. The first kappa shape index (κ1) is 14.1. The number of hydrogen-bond donors (Lipinski definition) is 2. The number of carbonyl (C=O) groups is 1. The normalized spacial score (nSPS) is 12.5. The van der Waals surface area contributed by atoms with E-state index in [1.165, 1.54) is 4.88 Å². The summed E-state index contributed by atoms with van der Waals surface area (Å²) < 4.78 is 0. The molecule has 1 unspecified atom stereocenters. The van der Waals surface area contributed by atoms with Gasteiger partial charge in [-0.25, -0.2) is 4.98 Å². The third-order valence-corrected chi connectivity index (χ3v) is 3.90. The zero-order valence-corrected chi connectivity index (χ0v) is 11.8. The second-order valence-corrected chi connectivity index (χ2v) is 5.37. The molecule has 1 amide bonds. The van der Waals surface area contributed by atoms with Gasteiger partial charge in [-0.1, -0.05) is 0 Å². The highest BCUT2D eigenvalue weighted by atomic mass is 32.1. The summed E-state index contributed by atoms with van der Waals surface area (Å²) in [5, 5.41) is 7.15. The Bertz CT molecular complexity index is 376. The van der Waals surface area contributed by atoms with Crippen LogP contribution in [0.5, 0.6) is 0 Å². The highest BCUT2D eigenvalue weighted by Gasteiger charge is 2.12. The van der Waals surface area contributed by atoms with Crippen molar-refractivity contribution in [3.63, 3.8) is 0 Å². The van der Waals surface area contributed by atoms with E-state index in [-0.39, 0.29) is 5.91 Å². The lowest BCUT2D eigenvalue weighted by Crippen LogP contribution is -2.23. The molecule has 0 aliphatic rings. The van der Waals surface area contributed by atoms with E-state index in [1.807, 2.05) is 13.8 Å². The maximum Gasteiger partial charge on any atom is 0.219 e. The summed E-state index contributed by atoms with van der Waals surface area (Å²) in [6.45, 7) is 7.06. The first-order valence-electron chi connectivity index (χ1n) is 5.92. The predicted octanol–water partition coefficient (Wildman–Crippen LogP) is 1.94. The van der Waals surface area contributed by atoms with Crippen LogP contribution in [0.25, 0.3) is 0 Å². The Kier molecular flexibility index (Phi) is 5.58. The number of nitrogens with zero attached hydrogens (tertiary/aromatic N) is 1. The maximum absolute atomic E-state index is 11.0. The number of hydrogen-bond acceptors (Lipinski definition) is 4. The standard InChI is InChI=1S/C12H21N3OS/c1-8(12-9(2)15-10(3)17-12)14-7-5-6-11(16)13-4/h8,14H,5-7H2,1-4H3,(H,13,16). The molecule has 0 radical (unpaired) electrons. The summed E-state index contributed by atoms with van der Waals surface area (Å²) in [5.41, 5.74) is 1.11. The van der Waals surface area contributed by atoms with E-state index in [0.29, 0.717) is 12.5 Å². The van der Waals surface area contributed by atoms with E-state index in [4.69, 9.17) is 0 Å². The fourth-order valence-corrected chi connectivity index (χ4v) is 2.69. The van der Waals surface area contributed by atoms with E-state index in [1.54, 1.807) is 18.4 Å². The Balaban J connectivity index is 2.32. The number of amides is 1. The summed E-state index contributed by atoms with van der Waals surface area (Å²) in [7, 11) is 1.67. The molecular formula is C12H21N3OS. The zero-order chi connectivity index (χ0) is 12.8. The lowest BCUT2D eigenvalue weighted by Gasteiger charge is -2.12. The highest BCUT2D eigenvalue weighted by Crippen LogP contribution is 2.24.